The average Bonchev–Trinajstić information content (AvgIpc) is 1.89. The Kier molecular flexibility index (Phi) is 5.18. The topological polar surface area (TPSA) is 0 Å². The van der Waals surface area contributed by atoms with Crippen LogP contribution < -0.4 is 0 Å². The van der Waals surface area contributed by atoms with E-state index in [0.717, 1.165) is 10.2 Å². The van der Waals surface area contributed by atoms with Gasteiger partial charge in [-0.25, -0.2) is 0 Å². The summed E-state index contributed by atoms with van der Waals surface area (Å²) in [5.74, 6) is 1.03. The second-order valence-electron chi connectivity index (χ2n) is 3.41. The molecule has 1 nitrogen and oxygen atoms in total. The van der Waals surface area contributed by atoms with E-state index in [0.29, 0.717) is 0 Å². The first-order valence-electron chi connectivity index (χ1n) is 4.05. The van der Waals surface area contributed by atoms with Crippen molar-refractivity contribution in [2.24, 2.45) is 0 Å². The Balaban J connectivity index is 3.28. The van der Waals surface area contributed by atoms with Gasteiger partial charge in [-0.05, 0) is 25.5 Å². The summed E-state index contributed by atoms with van der Waals surface area (Å²) < 4.78 is 1.15. The number of hydrogen-bond donors (Lipinski definition) is 1. The molecular formula is C8H20NS+. The third-order valence-electron chi connectivity index (χ3n) is 2.03. The fourth-order valence-electron chi connectivity index (χ4n) is 0.810. The molecule has 0 N–H and O–H groups in total. The normalized spacial score (nSPS) is 12.0. The summed E-state index contributed by atoms with van der Waals surface area (Å²) in [6.45, 7) is 4.75. The molecule has 0 aliphatic heterocycles. The van der Waals surface area contributed by atoms with E-state index in [1.807, 2.05) is 0 Å². The summed E-state index contributed by atoms with van der Waals surface area (Å²) in [7, 11) is 4.55. The van der Waals surface area contributed by atoms with E-state index < -0.39 is 0 Å². The first-order valence-corrected chi connectivity index (χ1v) is 4.68. The van der Waals surface area contributed by atoms with E-state index in [-0.39, 0.29) is 0 Å². The molecule has 0 rings (SSSR count). The summed E-state index contributed by atoms with van der Waals surface area (Å²) in [6, 6.07) is 0. The molecule has 0 spiro atoms. The lowest BCUT2D eigenvalue weighted by atomic mass is 10.3. The van der Waals surface area contributed by atoms with Crippen molar-refractivity contribution < 1.29 is 4.48 Å². The lowest BCUT2D eigenvalue weighted by molar-refractivity contribution is -0.888. The number of quaternary nitrogens is 1. The number of rotatable bonds is 5. The molecule has 0 aromatic carbocycles. The molecule has 2 heteroatoms. The molecule has 0 saturated carbocycles. The molecule has 0 heterocycles. The molecule has 0 saturated heterocycles. The number of hydrogen-bond acceptors (Lipinski definition) is 1. The van der Waals surface area contributed by atoms with Gasteiger partial charge in [-0.15, -0.1) is 0 Å². The summed E-state index contributed by atoms with van der Waals surface area (Å²) in [5.41, 5.74) is 0. The molecule has 0 radical (unpaired) electrons. The number of unbranched alkanes of at least 4 members (excludes halogenated alkanes) is 1. The smallest absolute Gasteiger partial charge is 0.0782 e. The monoisotopic (exact) mass is 162 g/mol. The number of thiol groups is 1. The minimum Gasteiger partial charge on any atom is -0.329 e. The fourth-order valence-corrected chi connectivity index (χ4v) is 1.03. The van der Waals surface area contributed by atoms with E-state index >= 15 is 0 Å². The highest BCUT2D eigenvalue weighted by molar-refractivity contribution is 7.80. The lowest BCUT2D eigenvalue weighted by Crippen LogP contribution is -2.39. The van der Waals surface area contributed by atoms with Crippen LogP contribution in [0.2, 0.25) is 0 Å². The molecule has 0 aromatic rings. The zero-order valence-electron chi connectivity index (χ0n) is 7.43. The zero-order chi connectivity index (χ0) is 8.04. The minimum atomic E-state index is 1.03. The predicted molar refractivity (Wildman–Crippen MR) is 50.6 cm³/mol. The summed E-state index contributed by atoms with van der Waals surface area (Å²) >= 11 is 4.17. The van der Waals surface area contributed by atoms with E-state index in [2.05, 4.69) is 33.6 Å². The third kappa shape index (κ3) is 5.12. The van der Waals surface area contributed by atoms with E-state index in [4.69, 9.17) is 0 Å². The average molecular weight is 162 g/mol. The Morgan fingerprint density at radius 1 is 1.20 bits per heavy atom. The number of nitrogens with zero attached hydrogens (tertiary/aromatic N) is 1. The molecule has 0 fully saturated rings. The van der Waals surface area contributed by atoms with Gasteiger partial charge in [-0.1, -0.05) is 0 Å². The molecule has 0 aliphatic rings. The molecule has 10 heavy (non-hydrogen) atoms. The quantitative estimate of drug-likeness (QED) is 0.356. The van der Waals surface area contributed by atoms with Gasteiger partial charge in [0, 0.05) is 0 Å². The van der Waals surface area contributed by atoms with Crippen LogP contribution >= 0.6 is 12.6 Å². The fraction of sp³-hybridized carbons (Fsp3) is 1.00. The van der Waals surface area contributed by atoms with Crippen molar-refractivity contribution in [2.75, 3.05) is 32.9 Å². The zero-order valence-corrected chi connectivity index (χ0v) is 8.32. The molecular weight excluding hydrogens is 142 g/mol. The molecule has 0 aromatic heterocycles. The second kappa shape index (κ2) is 5.03. The van der Waals surface area contributed by atoms with Gasteiger partial charge in [-0.2, -0.15) is 12.6 Å². The maximum Gasteiger partial charge on any atom is 0.0782 e. The van der Waals surface area contributed by atoms with Gasteiger partial charge in [0.2, 0.25) is 0 Å². The van der Waals surface area contributed by atoms with Crippen LogP contribution in [0.15, 0.2) is 0 Å². The molecule has 0 aliphatic carbocycles. The van der Waals surface area contributed by atoms with Crippen molar-refractivity contribution in [3.63, 3.8) is 0 Å². The van der Waals surface area contributed by atoms with Gasteiger partial charge >= 0.3 is 0 Å². The highest BCUT2D eigenvalue weighted by Gasteiger charge is 2.09. The molecule has 0 bridgehead atoms. The Labute approximate surface area is 70.4 Å². The third-order valence-corrected chi connectivity index (χ3v) is 2.34. The van der Waals surface area contributed by atoms with Gasteiger partial charge in [0.25, 0.3) is 0 Å². The van der Waals surface area contributed by atoms with Crippen molar-refractivity contribution in [1.29, 1.82) is 0 Å². The van der Waals surface area contributed by atoms with Gasteiger partial charge in [-0.3, -0.25) is 0 Å². The SMILES string of the molecule is CC[N+](C)(C)CCCCS. The lowest BCUT2D eigenvalue weighted by Gasteiger charge is -2.27. The highest BCUT2D eigenvalue weighted by atomic mass is 32.1. The Morgan fingerprint density at radius 3 is 2.20 bits per heavy atom. The summed E-state index contributed by atoms with van der Waals surface area (Å²) in [4.78, 5) is 0. The Hall–Kier alpha value is 0.310. The predicted octanol–water partition coefficient (Wildman–Crippen LogP) is 1.79. The van der Waals surface area contributed by atoms with Gasteiger partial charge in [0.15, 0.2) is 0 Å². The standard InChI is InChI=1S/C8H19NS/c1-4-9(2,3)7-5-6-8-10/h4-8H2,1-3H3/p+1. The second-order valence-corrected chi connectivity index (χ2v) is 3.85. The van der Waals surface area contributed by atoms with Crippen LogP contribution in [-0.4, -0.2) is 37.4 Å². The van der Waals surface area contributed by atoms with Crippen LogP contribution in [0.3, 0.4) is 0 Å². The first kappa shape index (κ1) is 10.3. The summed E-state index contributed by atoms with van der Waals surface area (Å²) in [5, 5.41) is 0. The molecule has 62 valence electrons. The van der Waals surface area contributed by atoms with Crippen molar-refractivity contribution in [3.8, 4) is 0 Å². The van der Waals surface area contributed by atoms with E-state index in [9.17, 15) is 0 Å². The first-order chi connectivity index (χ1) is 4.62. The van der Waals surface area contributed by atoms with Crippen LogP contribution in [0.1, 0.15) is 19.8 Å². The maximum absolute atomic E-state index is 4.17. The van der Waals surface area contributed by atoms with Crippen molar-refractivity contribution in [1.82, 2.24) is 0 Å². The van der Waals surface area contributed by atoms with E-state index in [1.54, 1.807) is 0 Å². The van der Waals surface area contributed by atoms with Crippen LogP contribution in [0.5, 0.6) is 0 Å². The maximum atomic E-state index is 4.17. The Bertz CT molecular complexity index is 81.3. The largest absolute Gasteiger partial charge is 0.329 e. The molecule has 0 amide bonds. The molecule has 0 unspecified atom stereocenters. The van der Waals surface area contributed by atoms with Gasteiger partial charge < -0.3 is 4.48 Å². The van der Waals surface area contributed by atoms with Crippen LogP contribution in [0.4, 0.5) is 0 Å². The highest BCUT2D eigenvalue weighted by Crippen LogP contribution is 2.01. The minimum absolute atomic E-state index is 1.03. The van der Waals surface area contributed by atoms with Crippen LogP contribution in [-0.2, 0) is 0 Å². The van der Waals surface area contributed by atoms with Gasteiger partial charge in [0.05, 0.1) is 27.2 Å². The van der Waals surface area contributed by atoms with Crippen molar-refractivity contribution >= 4 is 12.6 Å². The summed E-state index contributed by atoms with van der Waals surface area (Å²) in [6.07, 6.45) is 2.56. The molecule has 0 atom stereocenters. The van der Waals surface area contributed by atoms with Crippen molar-refractivity contribution in [2.45, 2.75) is 19.8 Å². The van der Waals surface area contributed by atoms with Crippen LogP contribution in [0.25, 0.3) is 0 Å². The van der Waals surface area contributed by atoms with Crippen LogP contribution in [0, 0.1) is 0 Å². The van der Waals surface area contributed by atoms with Gasteiger partial charge in [0.1, 0.15) is 0 Å². The van der Waals surface area contributed by atoms with E-state index in [1.165, 1.54) is 25.9 Å². The van der Waals surface area contributed by atoms with Crippen molar-refractivity contribution in [3.05, 3.63) is 0 Å². The Morgan fingerprint density at radius 2 is 1.80 bits per heavy atom.